The van der Waals surface area contributed by atoms with Crippen molar-refractivity contribution in [3.05, 3.63) is 35.4 Å². The quantitative estimate of drug-likeness (QED) is 0.788. The van der Waals surface area contributed by atoms with Crippen molar-refractivity contribution >= 4 is 5.91 Å². The highest BCUT2D eigenvalue weighted by molar-refractivity contribution is 5.76. The Balaban J connectivity index is 1.83. The molecule has 0 bridgehead atoms. The Morgan fingerprint density at radius 1 is 1.12 bits per heavy atom. The molecule has 17 heavy (non-hydrogen) atoms. The summed E-state index contributed by atoms with van der Waals surface area (Å²) in [6.07, 6.45) is 5.59. The van der Waals surface area contributed by atoms with E-state index in [2.05, 4.69) is 29.6 Å². The van der Waals surface area contributed by atoms with Crippen LogP contribution in [0.2, 0.25) is 0 Å². The van der Waals surface area contributed by atoms with E-state index in [1.807, 2.05) is 0 Å². The number of hydrogen-bond acceptors (Lipinski definition) is 1. The highest BCUT2D eigenvalue weighted by Gasteiger charge is 2.30. The lowest BCUT2D eigenvalue weighted by Gasteiger charge is -2.34. The van der Waals surface area contributed by atoms with Gasteiger partial charge in [-0.1, -0.05) is 24.3 Å². The van der Waals surface area contributed by atoms with Gasteiger partial charge in [-0.25, -0.2) is 0 Å². The Hall–Kier alpha value is -1.31. The zero-order chi connectivity index (χ0) is 11.7. The van der Waals surface area contributed by atoms with Crippen LogP contribution in [0.3, 0.4) is 0 Å². The molecule has 1 amide bonds. The second kappa shape index (κ2) is 4.52. The number of carbonyl (C=O) groups excluding carboxylic acids is 1. The van der Waals surface area contributed by atoms with Crippen molar-refractivity contribution in [2.75, 3.05) is 6.54 Å². The number of fused-ring (bicyclic) bond motifs is 1. The maximum atomic E-state index is 11.2. The highest BCUT2D eigenvalue weighted by atomic mass is 16.1. The van der Waals surface area contributed by atoms with Crippen LogP contribution in [0.4, 0.5) is 0 Å². The Labute approximate surface area is 102 Å². The Morgan fingerprint density at radius 2 is 2.00 bits per heavy atom. The van der Waals surface area contributed by atoms with Crippen molar-refractivity contribution in [1.29, 1.82) is 0 Å². The molecule has 1 N–H and O–H groups in total. The minimum Gasteiger partial charge on any atom is -0.356 e. The van der Waals surface area contributed by atoms with E-state index in [0.29, 0.717) is 18.3 Å². The van der Waals surface area contributed by atoms with Gasteiger partial charge in [-0.15, -0.1) is 0 Å². The van der Waals surface area contributed by atoms with E-state index in [1.54, 1.807) is 5.56 Å². The van der Waals surface area contributed by atoms with Crippen LogP contribution in [0.15, 0.2) is 24.3 Å². The minimum absolute atomic E-state index is 0.227. The van der Waals surface area contributed by atoms with Crippen LogP contribution in [0.1, 0.15) is 42.7 Å². The van der Waals surface area contributed by atoms with Gasteiger partial charge in [-0.05, 0) is 48.6 Å². The standard InChI is InChI=1S/C15H19NO/c17-15-9-8-12(10-16-15)14-7-3-5-11-4-1-2-6-13(11)14/h1-2,4,6,12,14H,3,5,7-10H2,(H,16,17). The average Bonchev–Trinajstić information content (AvgIpc) is 2.39. The van der Waals surface area contributed by atoms with Gasteiger partial charge in [0.25, 0.3) is 0 Å². The van der Waals surface area contributed by atoms with E-state index >= 15 is 0 Å². The Bertz CT molecular complexity index is 417. The second-order valence-corrected chi connectivity index (χ2v) is 5.30. The lowest BCUT2D eigenvalue weighted by atomic mass is 9.73. The molecule has 3 rings (SSSR count). The fourth-order valence-corrected chi connectivity index (χ4v) is 3.38. The molecule has 1 aliphatic heterocycles. The van der Waals surface area contributed by atoms with Crippen LogP contribution in [-0.2, 0) is 11.2 Å². The summed E-state index contributed by atoms with van der Waals surface area (Å²) in [5.41, 5.74) is 3.07. The maximum Gasteiger partial charge on any atom is 0.220 e. The first kappa shape index (κ1) is 10.8. The monoisotopic (exact) mass is 229 g/mol. The molecule has 1 fully saturated rings. The predicted molar refractivity (Wildman–Crippen MR) is 67.9 cm³/mol. The molecule has 2 atom stereocenters. The Morgan fingerprint density at radius 3 is 2.82 bits per heavy atom. The third-order valence-corrected chi connectivity index (χ3v) is 4.29. The van der Waals surface area contributed by atoms with Crippen molar-refractivity contribution in [1.82, 2.24) is 5.32 Å². The third kappa shape index (κ3) is 2.08. The first-order valence-corrected chi connectivity index (χ1v) is 6.69. The molecule has 2 unspecified atom stereocenters. The van der Waals surface area contributed by atoms with Crippen LogP contribution < -0.4 is 5.32 Å². The molecule has 1 aromatic rings. The smallest absolute Gasteiger partial charge is 0.220 e. The van der Waals surface area contributed by atoms with Gasteiger partial charge < -0.3 is 5.32 Å². The molecule has 1 saturated heterocycles. The van der Waals surface area contributed by atoms with E-state index in [0.717, 1.165) is 13.0 Å². The molecule has 0 aromatic heterocycles. The third-order valence-electron chi connectivity index (χ3n) is 4.29. The molecule has 90 valence electrons. The minimum atomic E-state index is 0.227. The maximum absolute atomic E-state index is 11.2. The van der Waals surface area contributed by atoms with Crippen LogP contribution in [0.5, 0.6) is 0 Å². The topological polar surface area (TPSA) is 29.1 Å². The van der Waals surface area contributed by atoms with Gasteiger partial charge in [-0.3, -0.25) is 4.79 Å². The SMILES string of the molecule is O=C1CCC(C2CCCc3ccccc32)CN1. The lowest BCUT2D eigenvalue weighted by molar-refractivity contribution is -0.123. The number of rotatable bonds is 1. The van der Waals surface area contributed by atoms with Crippen LogP contribution in [0, 0.1) is 5.92 Å². The van der Waals surface area contributed by atoms with Crippen LogP contribution in [0.25, 0.3) is 0 Å². The molecule has 2 heteroatoms. The van der Waals surface area contributed by atoms with Gasteiger partial charge in [0, 0.05) is 13.0 Å². The summed E-state index contributed by atoms with van der Waals surface area (Å²) < 4.78 is 0. The molecule has 1 aromatic carbocycles. The molecule has 1 aliphatic carbocycles. The van der Waals surface area contributed by atoms with Gasteiger partial charge >= 0.3 is 0 Å². The summed E-state index contributed by atoms with van der Waals surface area (Å²) in [6.45, 7) is 0.873. The number of hydrogen-bond donors (Lipinski definition) is 1. The fraction of sp³-hybridized carbons (Fsp3) is 0.533. The summed E-state index contributed by atoms with van der Waals surface area (Å²) in [6, 6.07) is 8.85. The molecule has 0 saturated carbocycles. The van der Waals surface area contributed by atoms with Crippen LogP contribution >= 0.6 is 0 Å². The lowest BCUT2D eigenvalue weighted by Crippen LogP contribution is -2.38. The first-order valence-electron chi connectivity index (χ1n) is 6.69. The predicted octanol–water partition coefficient (Wildman–Crippen LogP) is 2.63. The fourth-order valence-electron chi connectivity index (χ4n) is 3.38. The zero-order valence-corrected chi connectivity index (χ0v) is 10.1. The van der Waals surface area contributed by atoms with Crippen molar-refractivity contribution in [3.63, 3.8) is 0 Å². The number of carbonyl (C=O) groups is 1. The summed E-state index contributed by atoms with van der Waals surface area (Å²) in [7, 11) is 0. The van der Waals surface area contributed by atoms with Crippen LogP contribution in [-0.4, -0.2) is 12.5 Å². The van der Waals surface area contributed by atoms with E-state index in [4.69, 9.17) is 0 Å². The van der Waals surface area contributed by atoms with Crippen molar-refractivity contribution in [2.45, 2.75) is 38.0 Å². The molecular formula is C15H19NO. The molecule has 0 radical (unpaired) electrons. The molecule has 1 heterocycles. The van der Waals surface area contributed by atoms with E-state index in [1.165, 1.54) is 24.8 Å². The molecule has 2 nitrogen and oxygen atoms in total. The first-order chi connectivity index (χ1) is 8.34. The van der Waals surface area contributed by atoms with Gasteiger partial charge in [0.1, 0.15) is 0 Å². The van der Waals surface area contributed by atoms with Gasteiger partial charge in [-0.2, -0.15) is 0 Å². The normalized spacial score (nSPS) is 28.4. The summed E-state index contributed by atoms with van der Waals surface area (Å²) in [5, 5.41) is 3.02. The van der Waals surface area contributed by atoms with Crippen molar-refractivity contribution in [2.24, 2.45) is 5.92 Å². The number of benzene rings is 1. The number of nitrogens with one attached hydrogen (secondary N) is 1. The summed E-state index contributed by atoms with van der Waals surface area (Å²) >= 11 is 0. The molecule has 0 spiro atoms. The van der Waals surface area contributed by atoms with E-state index in [-0.39, 0.29) is 5.91 Å². The van der Waals surface area contributed by atoms with Gasteiger partial charge in [0.2, 0.25) is 5.91 Å². The zero-order valence-electron chi connectivity index (χ0n) is 10.1. The number of aryl methyl sites for hydroxylation is 1. The average molecular weight is 229 g/mol. The van der Waals surface area contributed by atoms with E-state index < -0.39 is 0 Å². The van der Waals surface area contributed by atoms with Crippen molar-refractivity contribution < 1.29 is 4.79 Å². The Kier molecular flexibility index (Phi) is 2.87. The summed E-state index contributed by atoms with van der Waals surface area (Å²) in [5.74, 6) is 1.54. The molecular weight excluding hydrogens is 210 g/mol. The number of piperidine rings is 1. The van der Waals surface area contributed by atoms with Gasteiger partial charge in [0.05, 0.1) is 0 Å². The van der Waals surface area contributed by atoms with E-state index in [9.17, 15) is 4.79 Å². The number of amides is 1. The second-order valence-electron chi connectivity index (χ2n) is 5.30. The molecule has 2 aliphatic rings. The highest BCUT2D eigenvalue weighted by Crippen LogP contribution is 2.39. The van der Waals surface area contributed by atoms with Gasteiger partial charge in [0.15, 0.2) is 0 Å². The van der Waals surface area contributed by atoms with Crippen molar-refractivity contribution in [3.8, 4) is 0 Å². The largest absolute Gasteiger partial charge is 0.356 e. The summed E-state index contributed by atoms with van der Waals surface area (Å²) in [4.78, 5) is 11.2.